The lowest BCUT2D eigenvalue weighted by Gasteiger charge is -2.16. The standard InChI is InChI=1S/C27H26F2N4O4/c1-15(34)24(30)23-14-33(27(36)37-23)20-10-11-21(22(29)12-20)17-4-2-16(3-5-17)13-32-26(35)25(31)18-6-8-19(28)9-7-18/h2-12,23-25H,13-14,30-31H2,1H3,(H,32,35)/t23?,24-,25?/m1/s1. The van der Waals surface area contributed by atoms with E-state index in [2.05, 4.69) is 5.32 Å². The fourth-order valence-corrected chi connectivity index (χ4v) is 3.97. The summed E-state index contributed by atoms with van der Waals surface area (Å²) >= 11 is 0. The molecule has 3 aromatic rings. The normalized spacial score (nSPS) is 16.7. The van der Waals surface area contributed by atoms with E-state index in [1.807, 2.05) is 0 Å². The highest BCUT2D eigenvalue weighted by molar-refractivity contribution is 5.92. The Hall–Kier alpha value is -4.15. The van der Waals surface area contributed by atoms with Crippen molar-refractivity contribution in [2.24, 2.45) is 11.5 Å². The SMILES string of the molecule is CC(=O)[C@@H](N)C1CN(c2ccc(-c3ccc(CNC(=O)C(N)c4ccc(F)cc4)cc3)c(F)c2)C(=O)O1. The fourth-order valence-electron chi connectivity index (χ4n) is 3.97. The molecule has 37 heavy (non-hydrogen) atoms. The summed E-state index contributed by atoms with van der Waals surface area (Å²) in [6.45, 7) is 1.57. The average molecular weight is 509 g/mol. The van der Waals surface area contributed by atoms with Crippen LogP contribution in [0.2, 0.25) is 0 Å². The topological polar surface area (TPSA) is 128 Å². The Labute approximate surface area is 212 Å². The van der Waals surface area contributed by atoms with Crippen LogP contribution >= 0.6 is 0 Å². The Kier molecular flexibility index (Phi) is 7.61. The number of ketones is 1. The van der Waals surface area contributed by atoms with Crippen molar-refractivity contribution in [2.75, 3.05) is 11.4 Å². The minimum atomic E-state index is -0.944. The largest absolute Gasteiger partial charge is 0.442 e. The van der Waals surface area contributed by atoms with E-state index in [4.69, 9.17) is 16.2 Å². The zero-order chi connectivity index (χ0) is 26.7. The van der Waals surface area contributed by atoms with Crippen molar-refractivity contribution in [1.82, 2.24) is 5.32 Å². The first-order valence-corrected chi connectivity index (χ1v) is 11.6. The minimum Gasteiger partial charge on any atom is -0.442 e. The average Bonchev–Trinajstić information content (AvgIpc) is 3.28. The number of ether oxygens (including phenoxy) is 1. The molecule has 0 radical (unpaired) electrons. The van der Waals surface area contributed by atoms with Gasteiger partial charge in [0.25, 0.3) is 0 Å². The summed E-state index contributed by atoms with van der Waals surface area (Å²) in [5.41, 5.74) is 14.2. The summed E-state index contributed by atoms with van der Waals surface area (Å²) < 4.78 is 33.2. The third kappa shape index (κ3) is 5.82. The van der Waals surface area contributed by atoms with Crippen LogP contribution in [0.25, 0.3) is 11.1 Å². The number of nitrogens with one attached hydrogen (secondary N) is 1. The number of carbonyl (C=O) groups is 3. The van der Waals surface area contributed by atoms with Crippen LogP contribution in [0.15, 0.2) is 66.7 Å². The maximum atomic E-state index is 15.0. The lowest BCUT2D eigenvalue weighted by Crippen LogP contribution is -2.43. The van der Waals surface area contributed by atoms with Crippen LogP contribution in [-0.4, -0.2) is 36.5 Å². The Balaban J connectivity index is 1.39. The molecule has 3 aromatic carbocycles. The molecule has 3 atom stereocenters. The van der Waals surface area contributed by atoms with Gasteiger partial charge in [-0.25, -0.2) is 13.6 Å². The van der Waals surface area contributed by atoms with E-state index in [1.54, 1.807) is 36.4 Å². The van der Waals surface area contributed by atoms with E-state index in [0.717, 1.165) is 5.56 Å². The van der Waals surface area contributed by atoms with Gasteiger partial charge in [0.05, 0.1) is 12.2 Å². The van der Waals surface area contributed by atoms with Gasteiger partial charge in [-0.1, -0.05) is 36.4 Å². The predicted octanol–water partition coefficient (Wildman–Crippen LogP) is 3.19. The van der Waals surface area contributed by atoms with Gasteiger partial charge in [-0.15, -0.1) is 0 Å². The number of nitrogens with two attached hydrogens (primary N) is 2. The number of halogens is 2. The van der Waals surface area contributed by atoms with Crippen molar-refractivity contribution in [3.8, 4) is 11.1 Å². The molecule has 192 valence electrons. The van der Waals surface area contributed by atoms with Crippen molar-refractivity contribution in [3.63, 3.8) is 0 Å². The first-order chi connectivity index (χ1) is 17.6. The van der Waals surface area contributed by atoms with Gasteiger partial charge in [0.15, 0.2) is 0 Å². The van der Waals surface area contributed by atoms with Crippen LogP contribution < -0.4 is 21.7 Å². The second-order valence-electron chi connectivity index (χ2n) is 8.78. The van der Waals surface area contributed by atoms with Gasteiger partial charge in [-0.05, 0) is 53.9 Å². The summed E-state index contributed by atoms with van der Waals surface area (Å²) in [6.07, 6.45) is -1.49. The highest BCUT2D eigenvalue weighted by atomic mass is 19.1. The number of anilines is 1. The molecule has 1 saturated heterocycles. The third-order valence-corrected chi connectivity index (χ3v) is 6.21. The van der Waals surface area contributed by atoms with Gasteiger partial charge in [-0.2, -0.15) is 0 Å². The first-order valence-electron chi connectivity index (χ1n) is 11.6. The number of benzene rings is 3. The maximum Gasteiger partial charge on any atom is 0.414 e. The van der Waals surface area contributed by atoms with Crippen molar-refractivity contribution >= 4 is 23.5 Å². The van der Waals surface area contributed by atoms with E-state index in [9.17, 15) is 23.2 Å². The van der Waals surface area contributed by atoms with Gasteiger partial charge in [-0.3, -0.25) is 14.5 Å². The van der Waals surface area contributed by atoms with Gasteiger partial charge >= 0.3 is 6.09 Å². The van der Waals surface area contributed by atoms with Crippen LogP contribution in [0, 0.1) is 11.6 Å². The van der Waals surface area contributed by atoms with Crippen LogP contribution in [0.1, 0.15) is 24.1 Å². The number of hydrogen-bond acceptors (Lipinski definition) is 6. The molecule has 1 aliphatic heterocycles. The summed E-state index contributed by atoms with van der Waals surface area (Å²) in [5.74, 6) is -1.68. The molecule has 10 heteroatoms. The van der Waals surface area contributed by atoms with Gasteiger partial charge in [0.2, 0.25) is 5.91 Å². The number of Topliss-reactive ketones (excluding diaryl/α,β-unsaturated/α-hetero) is 1. The third-order valence-electron chi connectivity index (χ3n) is 6.21. The minimum absolute atomic E-state index is 0.0452. The summed E-state index contributed by atoms with van der Waals surface area (Å²) in [5, 5.41) is 2.73. The number of rotatable bonds is 8. The molecular weight excluding hydrogens is 482 g/mol. The second-order valence-corrected chi connectivity index (χ2v) is 8.78. The molecule has 0 saturated carbocycles. The van der Waals surface area contributed by atoms with Crippen LogP contribution in [0.3, 0.4) is 0 Å². The maximum absolute atomic E-state index is 15.0. The molecule has 1 heterocycles. The van der Waals surface area contributed by atoms with E-state index in [1.165, 1.54) is 42.2 Å². The van der Waals surface area contributed by atoms with E-state index in [-0.39, 0.29) is 18.9 Å². The fraction of sp³-hybridized carbons (Fsp3) is 0.222. The second kappa shape index (κ2) is 10.9. The Morgan fingerprint density at radius 2 is 1.73 bits per heavy atom. The lowest BCUT2D eigenvalue weighted by atomic mass is 10.0. The first kappa shape index (κ1) is 25.9. The highest BCUT2D eigenvalue weighted by Gasteiger charge is 2.37. The molecular formula is C27H26F2N4O4. The lowest BCUT2D eigenvalue weighted by molar-refractivity contribution is -0.122. The zero-order valence-electron chi connectivity index (χ0n) is 20.0. The Morgan fingerprint density at radius 3 is 2.35 bits per heavy atom. The van der Waals surface area contributed by atoms with Crippen LogP contribution in [0.5, 0.6) is 0 Å². The van der Waals surface area contributed by atoms with E-state index in [0.29, 0.717) is 22.4 Å². The van der Waals surface area contributed by atoms with Crippen LogP contribution in [0.4, 0.5) is 19.3 Å². The molecule has 8 nitrogen and oxygen atoms in total. The van der Waals surface area contributed by atoms with Crippen molar-refractivity contribution < 1.29 is 27.9 Å². The predicted molar refractivity (Wildman–Crippen MR) is 133 cm³/mol. The highest BCUT2D eigenvalue weighted by Crippen LogP contribution is 2.29. The summed E-state index contributed by atoms with van der Waals surface area (Å²) in [7, 11) is 0. The molecule has 0 aromatic heterocycles. The molecule has 4 rings (SSSR count). The van der Waals surface area contributed by atoms with Gasteiger partial charge < -0.3 is 21.5 Å². The number of nitrogens with zero attached hydrogens (tertiary/aromatic N) is 1. The number of hydrogen-bond donors (Lipinski definition) is 3. The molecule has 0 bridgehead atoms. The van der Waals surface area contributed by atoms with Gasteiger partial charge in [0, 0.05) is 12.1 Å². The van der Waals surface area contributed by atoms with Crippen molar-refractivity contribution in [2.45, 2.75) is 31.7 Å². The quantitative estimate of drug-likeness (QED) is 0.429. The zero-order valence-corrected chi connectivity index (χ0v) is 20.0. The molecule has 1 aliphatic rings. The molecule has 1 fully saturated rings. The number of cyclic esters (lactones) is 1. The Bertz CT molecular complexity index is 1310. The molecule has 5 N–H and O–H groups in total. The molecule has 2 amide bonds. The van der Waals surface area contributed by atoms with Crippen molar-refractivity contribution in [1.29, 1.82) is 0 Å². The van der Waals surface area contributed by atoms with Crippen molar-refractivity contribution in [3.05, 3.63) is 89.5 Å². The molecule has 0 spiro atoms. The van der Waals surface area contributed by atoms with Crippen LogP contribution in [-0.2, 0) is 20.9 Å². The monoisotopic (exact) mass is 508 g/mol. The van der Waals surface area contributed by atoms with E-state index < -0.39 is 41.8 Å². The molecule has 2 unspecified atom stereocenters. The number of carbonyl (C=O) groups excluding carboxylic acids is 3. The molecule has 0 aliphatic carbocycles. The summed E-state index contributed by atoms with van der Waals surface area (Å²) in [6, 6.07) is 14.8. The number of amides is 2. The van der Waals surface area contributed by atoms with Gasteiger partial charge in [0.1, 0.15) is 35.6 Å². The summed E-state index contributed by atoms with van der Waals surface area (Å²) in [4.78, 5) is 37.3. The Morgan fingerprint density at radius 1 is 1.05 bits per heavy atom. The smallest absolute Gasteiger partial charge is 0.414 e. The van der Waals surface area contributed by atoms with E-state index >= 15 is 0 Å².